The van der Waals surface area contributed by atoms with Crippen LogP contribution in [0.4, 0.5) is 0 Å². The average molecular weight is 289 g/mol. The second-order valence-electron chi connectivity index (χ2n) is 7.66. The molecule has 0 bridgehead atoms. The van der Waals surface area contributed by atoms with Crippen molar-refractivity contribution in [2.24, 2.45) is 11.3 Å². The van der Waals surface area contributed by atoms with Crippen LogP contribution < -0.4 is 10.1 Å². The number of benzene rings is 1. The number of carbonyl (C=O) groups excluding carboxylic acids is 1. The van der Waals surface area contributed by atoms with E-state index in [-0.39, 0.29) is 17.4 Å². The molecule has 3 heteroatoms. The van der Waals surface area contributed by atoms with Gasteiger partial charge in [0.1, 0.15) is 5.75 Å². The van der Waals surface area contributed by atoms with Gasteiger partial charge in [0.05, 0.1) is 6.61 Å². The van der Waals surface area contributed by atoms with Gasteiger partial charge in [-0.15, -0.1) is 0 Å². The summed E-state index contributed by atoms with van der Waals surface area (Å²) in [6.07, 6.45) is 1.90. The lowest BCUT2D eigenvalue weighted by molar-refractivity contribution is 0.0912. The zero-order valence-electron chi connectivity index (χ0n) is 13.8. The van der Waals surface area contributed by atoms with Crippen LogP contribution in [0.25, 0.3) is 0 Å². The Morgan fingerprint density at radius 1 is 1.33 bits per heavy atom. The third-order valence-electron chi connectivity index (χ3n) is 3.57. The lowest BCUT2D eigenvalue weighted by Gasteiger charge is -2.31. The summed E-state index contributed by atoms with van der Waals surface area (Å²) in [5.74, 6) is 1.29. The molecule has 1 aromatic carbocycles. The maximum absolute atomic E-state index is 12.3. The van der Waals surface area contributed by atoms with Crippen molar-refractivity contribution in [3.63, 3.8) is 0 Å². The molecule has 2 rings (SSSR count). The summed E-state index contributed by atoms with van der Waals surface area (Å²) in [6, 6.07) is 6.13. The van der Waals surface area contributed by atoms with Crippen LogP contribution in [0.3, 0.4) is 0 Å². The molecular weight excluding hydrogens is 262 g/mol. The molecule has 0 fully saturated rings. The van der Waals surface area contributed by atoms with Crippen molar-refractivity contribution in [2.45, 2.75) is 53.5 Å². The van der Waals surface area contributed by atoms with Gasteiger partial charge in [-0.25, -0.2) is 0 Å². The number of nitrogens with one attached hydrogen (secondary N) is 1. The van der Waals surface area contributed by atoms with Gasteiger partial charge in [0.2, 0.25) is 0 Å². The molecule has 0 aliphatic carbocycles. The van der Waals surface area contributed by atoms with Gasteiger partial charge in [-0.05, 0) is 41.9 Å². The number of ether oxygens (including phenoxy) is 1. The van der Waals surface area contributed by atoms with E-state index in [1.54, 1.807) is 0 Å². The number of amides is 1. The third-order valence-corrected chi connectivity index (χ3v) is 3.57. The molecule has 3 nitrogen and oxygen atoms in total. The van der Waals surface area contributed by atoms with E-state index in [1.807, 2.05) is 18.2 Å². The molecule has 1 amide bonds. The standard InChI is InChI=1S/C18H27NO2/c1-12(2)11-21-15-7-6-13-8-14(10-18(3,4)5)19-17(20)16(13)9-15/h6-7,9,12,14H,8,10-11H2,1-5H3,(H,19,20). The first kappa shape index (κ1) is 15.9. The van der Waals surface area contributed by atoms with Gasteiger partial charge in [-0.2, -0.15) is 0 Å². The summed E-state index contributed by atoms with van der Waals surface area (Å²) in [5, 5.41) is 3.13. The van der Waals surface area contributed by atoms with E-state index in [1.165, 1.54) is 0 Å². The maximum Gasteiger partial charge on any atom is 0.251 e. The van der Waals surface area contributed by atoms with Crippen molar-refractivity contribution in [3.8, 4) is 5.75 Å². The van der Waals surface area contributed by atoms with Crippen LogP contribution in [0.1, 0.15) is 57.0 Å². The van der Waals surface area contributed by atoms with E-state index < -0.39 is 0 Å². The van der Waals surface area contributed by atoms with E-state index in [2.05, 4.69) is 39.9 Å². The molecule has 1 aromatic rings. The van der Waals surface area contributed by atoms with E-state index in [0.717, 1.165) is 29.7 Å². The largest absolute Gasteiger partial charge is 0.493 e. The Labute approximate surface area is 128 Å². The molecule has 1 aliphatic heterocycles. The zero-order valence-corrected chi connectivity index (χ0v) is 13.8. The quantitative estimate of drug-likeness (QED) is 0.915. The SMILES string of the molecule is CC(C)COc1ccc2c(c1)C(=O)NC(CC(C)(C)C)C2. The number of hydrogen-bond acceptors (Lipinski definition) is 2. The molecule has 0 saturated heterocycles. The number of fused-ring (bicyclic) bond motifs is 1. The highest BCUT2D eigenvalue weighted by atomic mass is 16.5. The second-order valence-corrected chi connectivity index (χ2v) is 7.66. The fraction of sp³-hybridized carbons (Fsp3) is 0.611. The van der Waals surface area contributed by atoms with Crippen molar-refractivity contribution >= 4 is 5.91 Å². The highest BCUT2D eigenvalue weighted by Gasteiger charge is 2.27. The molecule has 0 radical (unpaired) electrons. The van der Waals surface area contributed by atoms with Crippen LogP contribution in [0.2, 0.25) is 0 Å². The monoisotopic (exact) mass is 289 g/mol. The van der Waals surface area contributed by atoms with Gasteiger partial charge in [0.15, 0.2) is 0 Å². The molecule has 0 saturated carbocycles. The summed E-state index contributed by atoms with van der Waals surface area (Å²) in [5.41, 5.74) is 2.11. The summed E-state index contributed by atoms with van der Waals surface area (Å²) < 4.78 is 5.71. The molecule has 1 aliphatic rings. The average Bonchev–Trinajstić information content (AvgIpc) is 2.34. The minimum atomic E-state index is 0.0282. The van der Waals surface area contributed by atoms with Crippen LogP contribution in [-0.4, -0.2) is 18.6 Å². The van der Waals surface area contributed by atoms with Gasteiger partial charge >= 0.3 is 0 Å². The van der Waals surface area contributed by atoms with Gasteiger partial charge in [-0.1, -0.05) is 40.7 Å². The van der Waals surface area contributed by atoms with Crippen LogP contribution in [0.15, 0.2) is 18.2 Å². The van der Waals surface area contributed by atoms with Crippen LogP contribution >= 0.6 is 0 Å². The molecule has 116 valence electrons. The molecule has 0 aromatic heterocycles. The van der Waals surface area contributed by atoms with Crippen molar-refractivity contribution in [3.05, 3.63) is 29.3 Å². The van der Waals surface area contributed by atoms with E-state index in [4.69, 9.17) is 4.74 Å². The molecule has 0 spiro atoms. The molecule has 1 unspecified atom stereocenters. The van der Waals surface area contributed by atoms with Crippen LogP contribution in [-0.2, 0) is 6.42 Å². The Balaban J connectivity index is 2.12. The van der Waals surface area contributed by atoms with Crippen LogP contribution in [0, 0.1) is 11.3 Å². The third kappa shape index (κ3) is 4.48. The Morgan fingerprint density at radius 3 is 2.67 bits per heavy atom. The van der Waals surface area contributed by atoms with Gasteiger partial charge in [-0.3, -0.25) is 4.79 Å². The van der Waals surface area contributed by atoms with Crippen LogP contribution in [0.5, 0.6) is 5.75 Å². The minimum Gasteiger partial charge on any atom is -0.493 e. The van der Waals surface area contributed by atoms with Crippen molar-refractivity contribution in [1.29, 1.82) is 0 Å². The molecule has 1 heterocycles. The molecular formula is C18H27NO2. The molecule has 1 N–H and O–H groups in total. The molecule has 21 heavy (non-hydrogen) atoms. The summed E-state index contributed by atoms with van der Waals surface area (Å²) >= 11 is 0. The number of carbonyl (C=O) groups is 1. The highest BCUT2D eigenvalue weighted by Crippen LogP contribution is 2.28. The first-order valence-electron chi connectivity index (χ1n) is 7.81. The lowest BCUT2D eigenvalue weighted by Crippen LogP contribution is -2.43. The van der Waals surface area contributed by atoms with E-state index >= 15 is 0 Å². The van der Waals surface area contributed by atoms with Gasteiger partial charge < -0.3 is 10.1 Å². The normalized spacial score (nSPS) is 18.4. The first-order valence-corrected chi connectivity index (χ1v) is 7.81. The summed E-state index contributed by atoms with van der Waals surface area (Å²) in [4.78, 5) is 12.3. The fourth-order valence-corrected chi connectivity index (χ4v) is 2.74. The zero-order chi connectivity index (χ0) is 15.6. The lowest BCUT2D eigenvalue weighted by atomic mass is 9.83. The van der Waals surface area contributed by atoms with E-state index in [9.17, 15) is 4.79 Å². The maximum atomic E-state index is 12.3. The fourth-order valence-electron chi connectivity index (χ4n) is 2.74. The topological polar surface area (TPSA) is 38.3 Å². The smallest absolute Gasteiger partial charge is 0.251 e. The molecule has 1 atom stereocenters. The Bertz CT molecular complexity index is 514. The van der Waals surface area contributed by atoms with Gasteiger partial charge in [0, 0.05) is 11.6 Å². The van der Waals surface area contributed by atoms with Crippen molar-refractivity contribution in [1.82, 2.24) is 5.32 Å². The van der Waals surface area contributed by atoms with Crippen molar-refractivity contribution in [2.75, 3.05) is 6.61 Å². The van der Waals surface area contributed by atoms with Crippen molar-refractivity contribution < 1.29 is 9.53 Å². The number of hydrogen-bond donors (Lipinski definition) is 1. The minimum absolute atomic E-state index is 0.0282. The van der Waals surface area contributed by atoms with E-state index in [0.29, 0.717) is 12.5 Å². The Hall–Kier alpha value is -1.51. The second kappa shape index (κ2) is 6.08. The number of rotatable bonds is 4. The Morgan fingerprint density at radius 2 is 2.05 bits per heavy atom. The highest BCUT2D eigenvalue weighted by molar-refractivity contribution is 5.97. The predicted molar refractivity (Wildman–Crippen MR) is 85.8 cm³/mol. The van der Waals surface area contributed by atoms with Gasteiger partial charge in [0.25, 0.3) is 5.91 Å². The Kier molecular flexibility index (Phi) is 4.60. The first-order chi connectivity index (χ1) is 9.74. The summed E-state index contributed by atoms with van der Waals surface area (Å²) in [6.45, 7) is 11.5. The predicted octanol–water partition coefficient (Wildman–Crippen LogP) is 3.81. The summed E-state index contributed by atoms with van der Waals surface area (Å²) in [7, 11) is 0.